The molecule has 0 saturated heterocycles. The number of hydrogen-bond donors (Lipinski definition) is 2. The second-order valence-electron chi connectivity index (χ2n) is 6.99. The maximum atomic E-state index is 13.3. The van der Waals surface area contributed by atoms with Gasteiger partial charge in [-0.2, -0.15) is 0 Å². The molecule has 5 nitrogen and oxygen atoms in total. The molecule has 0 fully saturated rings. The van der Waals surface area contributed by atoms with Crippen molar-refractivity contribution in [3.8, 4) is 11.3 Å². The Morgan fingerprint density at radius 3 is 2.48 bits per heavy atom. The third-order valence-electron chi connectivity index (χ3n) is 5.07. The number of fused-ring (bicyclic) bond motifs is 1. The van der Waals surface area contributed by atoms with Crippen molar-refractivity contribution >= 4 is 16.8 Å². The van der Waals surface area contributed by atoms with Gasteiger partial charge in [-0.25, -0.2) is 4.98 Å². The molecule has 0 saturated carbocycles. The number of hydrogen-bond acceptors (Lipinski definition) is 3. The molecule has 144 valence electrons. The van der Waals surface area contributed by atoms with E-state index in [9.17, 15) is 9.59 Å². The molecule has 2 N–H and O–H groups in total. The molecule has 5 heteroatoms. The van der Waals surface area contributed by atoms with Crippen LogP contribution in [0.15, 0.2) is 77.7 Å². The smallest absolute Gasteiger partial charge is 0.253 e. The number of carbonyl (C=O) groups excluding carboxylic acids is 1. The first-order chi connectivity index (χ1) is 14.1. The molecule has 2 heterocycles. The molecule has 1 atom stereocenters. The van der Waals surface area contributed by atoms with Crippen LogP contribution in [-0.2, 0) is 0 Å². The van der Waals surface area contributed by atoms with Gasteiger partial charge in [-0.1, -0.05) is 54.6 Å². The molecule has 0 bridgehead atoms. The molecule has 4 rings (SSSR count). The molecule has 0 spiro atoms. The highest BCUT2D eigenvalue weighted by atomic mass is 16.2. The second-order valence-corrected chi connectivity index (χ2v) is 6.99. The van der Waals surface area contributed by atoms with Gasteiger partial charge in [0.1, 0.15) is 0 Å². The van der Waals surface area contributed by atoms with Crippen LogP contribution in [0.5, 0.6) is 0 Å². The van der Waals surface area contributed by atoms with E-state index in [1.165, 1.54) is 0 Å². The molecular weight excluding hydrogens is 362 g/mol. The monoisotopic (exact) mass is 383 g/mol. The molecule has 1 amide bonds. The minimum atomic E-state index is -0.432. The first-order valence-corrected chi connectivity index (χ1v) is 9.49. The minimum absolute atomic E-state index is 0.207. The van der Waals surface area contributed by atoms with Gasteiger partial charge in [0.25, 0.3) is 11.5 Å². The average Bonchev–Trinajstić information content (AvgIpc) is 2.74. The fourth-order valence-corrected chi connectivity index (χ4v) is 3.60. The Balaban J connectivity index is 1.82. The molecular formula is C24H21N3O2. The van der Waals surface area contributed by atoms with Crippen molar-refractivity contribution in [1.29, 1.82) is 0 Å². The molecule has 1 unspecified atom stereocenters. The van der Waals surface area contributed by atoms with E-state index in [2.05, 4.69) is 10.3 Å². The highest BCUT2D eigenvalue weighted by molar-refractivity contribution is 6.09. The van der Waals surface area contributed by atoms with E-state index in [1.807, 2.05) is 61.5 Å². The minimum Gasteiger partial charge on any atom is -0.345 e. The highest BCUT2D eigenvalue weighted by Gasteiger charge is 2.21. The van der Waals surface area contributed by atoms with Gasteiger partial charge in [-0.05, 0) is 31.5 Å². The summed E-state index contributed by atoms with van der Waals surface area (Å²) in [5, 5.41) is 3.77. The van der Waals surface area contributed by atoms with E-state index in [-0.39, 0.29) is 11.5 Å². The summed E-state index contributed by atoms with van der Waals surface area (Å²) in [4.78, 5) is 32.8. The van der Waals surface area contributed by atoms with E-state index in [1.54, 1.807) is 25.3 Å². The molecule has 2 aromatic carbocycles. The fraction of sp³-hybridized carbons (Fsp3) is 0.125. The van der Waals surface area contributed by atoms with Crippen molar-refractivity contribution in [3.63, 3.8) is 0 Å². The van der Waals surface area contributed by atoms with Crippen LogP contribution in [0.1, 0.15) is 34.5 Å². The molecule has 0 aliphatic carbocycles. The van der Waals surface area contributed by atoms with Crippen molar-refractivity contribution in [1.82, 2.24) is 15.3 Å². The highest BCUT2D eigenvalue weighted by Crippen LogP contribution is 2.29. The molecule has 0 radical (unpaired) electrons. The Labute approximate surface area is 168 Å². The van der Waals surface area contributed by atoms with E-state index >= 15 is 0 Å². The Kier molecular flexibility index (Phi) is 4.96. The second kappa shape index (κ2) is 7.72. The number of aromatic nitrogens is 2. The SMILES string of the molecule is Cc1c(-c2ccccc2)nc2ccccc2c1C(=O)NC(C)c1ccc[nH]c1=O. The summed E-state index contributed by atoms with van der Waals surface area (Å²) in [5.41, 5.74) is 4.18. The summed E-state index contributed by atoms with van der Waals surface area (Å²) in [6, 6.07) is 20.5. The first-order valence-electron chi connectivity index (χ1n) is 9.49. The van der Waals surface area contributed by atoms with E-state index in [4.69, 9.17) is 4.98 Å². The van der Waals surface area contributed by atoms with Gasteiger partial charge >= 0.3 is 0 Å². The predicted molar refractivity (Wildman–Crippen MR) is 115 cm³/mol. The number of pyridine rings is 2. The molecule has 0 aliphatic heterocycles. The summed E-state index contributed by atoms with van der Waals surface area (Å²) < 4.78 is 0. The Morgan fingerprint density at radius 2 is 1.72 bits per heavy atom. The summed E-state index contributed by atoms with van der Waals surface area (Å²) in [6.45, 7) is 3.72. The van der Waals surface area contributed by atoms with Crippen LogP contribution < -0.4 is 10.9 Å². The molecule has 0 aliphatic rings. The zero-order valence-corrected chi connectivity index (χ0v) is 16.3. The number of benzene rings is 2. The number of carbonyl (C=O) groups is 1. The van der Waals surface area contributed by atoms with Gasteiger partial charge in [0, 0.05) is 22.7 Å². The van der Waals surface area contributed by atoms with Crippen LogP contribution in [0.3, 0.4) is 0 Å². The standard InChI is InChI=1S/C24H21N3O2/c1-15-21(24(29)26-16(2)18-12-8-14-25-23(18)28)19-11-6-7-13-20(19)27-22(15)17-9-4-3-5-10-17/h3-14,16H,1-2H3,(H,25,28)(H,26,29). The topological polar surface area (TPSA) is 74.8 Å². The normalized spacial score (nSPS) is 11.9. The quantitative estimate of drug-likeness (QED) is 0.549. The van der Waals surface area contributed by atoms with Crippen LogP contribution in [0, 0.1) is 6.92 Å². The predicted octanol–water partition coefficient (Wildman–Crippen LogP) is 4.39. The van der Waals surface area contributed by atoms with Crippen LogP contribution >= 0.6 is 0 Å². The third-order valence-corrected chi connectivity index (χ3v) is 5.07. The van der Waals surface area contributed by atoms with Crippen molar-refractivity contribution in [2.45, 2.75) is 19.9 Å². The summed E-state index contributed by atoms with van der Waals surface area (Å²) in [5.74, 6) is -0.228. The maximum Gasteiger partial charge on any atom is 0.253 e. The molecule has 2 aromatic heterocycles. The number of nitrogens with one attached hydrogen (secondary N) is 2. The lowest BCUT2D eigenvalue weighted by Gasteiger charge is -2.18. The van der Waals surface area contributed by atoms with E-state index in [0.29, 0.717) is 11.1 Å². The number of nitrogens with zero attached hydrogens (tertiary/aromatic N) is 1. The van der Waals surface area contributed by atoms with Crippen molar-refractivity contribution in [3.05, 3.63) is 100.0 Å². The number of H-pyrrole nitrogens is 1. The average molecular weight is 383 g/mol. The Hall–Kier alpha value is -3.73. The van der Waals surface area contributed by atoms with Crippen LogP contribution in [0.25, 0.3) is 22.2 Å². The molecule has 29 heavy (non-hydrogen) atoms. The van der Waals surface area contributed by atoms with Crippen LogP contribution in [0.4, 0.5) is 0 Å². The Bertz CT molecular complexity index is 1250. The number of para-hydroxylation sites is 1. The third kappa shape index (κ3) is 3.55. The van der Waals surface area contributed by atoms with Gasteiger partial charge in [0.05, 0.1) is 22.8 Å². The zero-order valence-electron chi connectivity index (χ0n) is 16.3. The van der Waals surface area contributed by atoms with Crippen LogP contribution in [0.2, 0.25) is 0 Å². The lowest BCUT2D eigenvalue weighted by Crippen LogP contribution is -2.31. The van der Waals surface area contributed by atoms with Crippen molar-refractivity contribution in [2.75, 3.05) is 0 Å². The number of aromatic amines is 1. The van der Waals surface area contributed by atoms with Gasteiger partial charge in [-0.15, -0.1) is 0 Å². The fourth-order valence-electron chi connectivity index (χ4n) is 3.60. The Morgan fingerprint density at radius 1 is 1.00 bits per heavy atom. The van der Waals surface area contributed by atoms with Crippen molar-refractivity contribution in [2.24, 2.45) is 0 Å². The van der Waals surface area contributed by atoms with Gasteiger partial charge in [-0.3, -0.25) is 9.59 Å². The summed E-state index contributed by atoms with van der Waals surface area (Å²) >= 11 is 0. The first kappa shape index (κ1) is 18.6. The largest absolute Gasteiger partial charge is 0.345 e. The van der Waals surface area contributed by atoms with Gasteiger partial charge in [0.15, 0.2) is 0 Å². The van der Waals surface area contributed by atoms with Gasteiger partial charge in [0.2, 0.25) is 0 Å². The lowest BCUT2D eigenvalue weighted by molar-refractivity contribution is 0.0940. The van der Waals surface area contributed by atoms with E-state index < -0.39 is 6.04 Å². The zero-order chi connectivity index (χ0) is 20.4. The summed E-state index contributed by atoms with van der Waals surface area (Å²) in [7, 11) is 0. The molecule has 4 aromatic rings. The van der Waals surface area contributed by atoms with Crippen LogP contribution in [-0.4, -0.2) is 15.9 Å². The van der Waals surface area contributed by atoms with E-state index in [0.717, 1.165) is 27.7 Å². The number of amides is 1. The maximum absolute atomic E-state index is 13.3. The van der Waals surface area contributed by atoms with Crippen molar-refractivity contribution < 1.29 is 4.79 Å². The summed E-state index contributed by atoms with van der Waals surface area (Å²) in [6.07, 6.45) is 1.58. The lowest BCUT2D eigenvalue weighted by atomic mass is 9.97. The number of rotatable bonds is 4. The van der Waals surface area contributed by atoms with Gasteiger partial charge < -0.3 is 10.3 Å².